The van der Waals surface area contributed by atoms with Crippen molar-refractivity contribution >= 4 is 5.91 Å². The van der Waals surface area contributed by atoms with Gasteiger partial charge in [-0.3, -0.25) is 9.48 Å². The van der Waals surface area contributed by atoms with Gasteiger partial charge in [0.05, 0.1) is 12.6 Å². The van der Waals surface area contributed by atoms with Gasteiger partial charge in [-0.2, -0.15) is 5.10 Å². The number of likely N-dealkylation sites (N-methyl/N-ethyl adjacent to an activating group) is 1. The summed E-state index contributed by atoms with van der Waals surface area (Å²) in [4.78, 5) is 14.1. The van der Waals surface area contributed by atoms with Gasteiger partial charge >= 0.3 is 0 Å². The first-order chi connectivity index (χ1) is 9.13. The molecule has 1 fully saturated rings. The minimum Gasteiger partial charge on any atom is -0.339 e. The van der Waals surface area contributed by atoms with Gasteiger partial charge in [-0.15, -0.1) is 0 Å². The predicted octanol–water partition coefficient (Wildman–Crippen LogP) is 1.43. The average Bonchev–Trinajstić information content (AvgIpc) is 3.09. The summed E-state index contributed by atoms with van der Waals surface area (Å²) < 4.78 is 1.92. The first kappa shape index (κ1) is 14.1. The Morgan fingerprint density at radius 3 is 2.79 bits per heavy atom. The molecule has 1 heterocycles. The molecule has 5 nitrogen and oxygen atoms in total. The molecule has 1 aliphatic rings. The highest BCUT2D eigenvalue weighted by Gasteiger charge is 2.31. The lowest BCUT2D eigenvalue weighted by atomic mass is 10.2. The molecule has 1 aromatic rings. The van der Waals surface area contributed by atoms with Crippen LogP contribution in [0.25, 0.3) is 0 Å². The fourth-order valence-electron chi connectivity index (χ4n) is 2.30. The van der Waals surface area contributed by atoms with Crippen LogP contribution in [0.3, 0.4) is 0 Å². The summed E-state index contributed by atoms with van der Waals surface area (Å²) in [6.07, 6.45) is 6.06. The second-order valence-corrected chi connectivity index (χ2v) is 5.31. The Hall–Kier alpha value is -1.36. The van der Waals surface area contributed by atoms with Crippen molar-refractivity contribution in [2.45, 2.75) is 51.7 Å². The number of nitrogens with one attached hydrogen (secondary N) is 1. The number of aromatic nitrogens is 2. The summed E-state index contributed by atoms with van der Waals surface area (Å²) in [6.45, 7) is 7.47. The van der Waals surface area contributed by atoms with E-state index in [1.165, 1.54) is 12.8 Å². The van der Waals surface area contributed by atoms with Gasteiger partial charge in [0.15, 0.2) is 0 Å². The lowest BCUT2D eigenvalue weighted by Gasteiger charge is -2.25. The van der Waals surface area contributed by atoms with Crippen molar-refractivity contribution in [2.75, 3.05) is 13.1 Å². The van der Waals surface area contributed by atoms with Gasteiger partial charge in [0.2, 0.25) is 5.91 Å². The molecular weight excluding hydrogens is 240 g/mol. The smallest absolute Gasteiger partial charge is 0.236 e. The van der Waals surface area contributed by atoms with E-state index in [0.29, 0.717) is 12.6 Å². The van der Waals surface area contributed by atoms with Gasteiger partial charge in [-0.05, 0) is 39.7 Å². The second-order valence-electron chi connectivity index (χ2n) is 5.31. The van der Waals surface area contributed by atoms with Crippen LogP contribution in [0.5, 0.6) is 0 Å². The van der Waals surface area contributed by atoms with Gasteiger partial charge in [-0.1, -0.05) is 0 Å². The van der Waals surface area contributed by atoms with E-state index in [2.05, 4.69) is 24.3 Å². The quantitative estimate of drug-likeness (QED) is 0.810. The molecule has 0 aromatic carbocycles. The lowest BCUT2D eigenvalue weighted by Crippen LogP contribution is -2.44. The molecule has 0 saturated heterocycles. The predicted molar refractivity (Wildman–Crippen MR) is 74.8 cm³/mol. The molecule has 0 bridgehead atoms. The third-order valence-electron chi connectivity index (χ3n) is 3.89. The van der Waals surface area contributed by atoms with E-state index in [9.17, 15) is 4.79 Å². The van der Waals surface area contributed by atoms with Crippen LogP contribution in [0.2, 0.25) is 0 Å². The molecule has 1 amide bonds. The number of rotatable bonds is 7. The maximum Gasteiger partial charge on any atom is 0.236 e. The molecule has 19 heavy (non-hydrogen) atoms. The van der Waals surface area contributed by atoms with Crippen molar-refractivity contribution in [3.05, 3.63) is 18.5 Å². The van der Waals surface area contributed by atoms with E-state index in [1.54, 1.807) is 6.20 Å². The molecule has 1 aromatic heterocycles. The van der Waals surface area contributed by atoms with E-state index in [4.69, 9.17) is 0 Å². The van der Waals surface area contributed by atoms with Crippen molar-refractivity contribution < 1.29 is 4.79 Å². The minimum atomic E-state index is 0.210. The molecule has 1 saturated carbocycles. The summed E-state index contributed by atoms with van der Waals surface area (Å²) >= 11 is 0. The third-order valence-corrected chi connectivity index (χ3v) is 3.89. The van der Waals surface area contributed by atoms with Gasteiger partial charge in [0.1, 0.15) is 0 Å². The van der Waals surface area contributed by atoms with Crippen molar-refractivity contribution in [1.29, 1.82) is 0 Å². The fraction of sp³-hybridized carbons (Fsp3) is 0.714. The Bertz CT molecular complexity index is 400. The largest absolute Gasteiger partial charge is 0.339 e. The first-order valence-electron chi connectivity index (χ1n) is 7.15. The van der Waals surface area contributed by atoms with Crippen molar-refractivity contribution in [3.63, 3.8) is 0 Å². The molecule has 0 unspecified atom stereocenters. The van der Waals surface area contributed by atoms with E-state index in [-0.39, 0.29) is 18.0 Å². The van der Waals surface area contributed by atoms with Crippen molar-refractivity contribution in [2.24, 2.45) is 0 Å². The van der Waals surface area contributed by atoms with E-state index in [0.717, 1.165) is 6.54 Å². The van der Waals surface area contributed by atoms with Crippen LogP contribution in [-0.2, 0) is 4.79 Å². The van der Waals surface area contributed by atoms with Crippen LogP contribution in [0, 0.1) is 0 Å². The van der Waals surface area contributed by atoms with Gasteiger partial charge in [0.25, 0.3) is 0 Å². The van der Waals surface area contributed by atoms with E-state index < -0.39 is 0 Å². The monoisotopic (exact) mass is 264 g/mol. The van der Waals surface area contributed by atoms with Crippen LogP contribution < -0.4 is 5.32 Å². The SMILES string of the molecule is CCN(C(=O)CN[C@@H](C)[C@@H](C)n1cccn1)C1CC1. The Labute approximate surface area is 115 Å². The molecular formula is C14H24N4O. The van der Waals surface area contributed by atoms with Crippen molar-refractivity contribution in [3.8, 4) is 0 Å². The maximum atomic E-state index is 12.1. The number of carbonyl (C=O) groups excluding carboxylic acids is 1. The number of hydrogen-bond donors (Lipinski definition) is 1. The molecule has 106 valence electrons. The highest BCUT2D eigenvalue weighted by atomic mass is 16.2. The summed E-state index contributed by atoms with van der Waals surface area (Å²) in [5, 5.41) is 7.55. The Morgan fingerprint density at radius 1 is 1.53 bits per heavy atom. The second kappa shape index (κ2) is 6.19. The Morgan fingerprint density at radius 2 is 2.26 bits per heavy atom. The topological polar surface area (TPSA) is 50.2 Å². The molecule has 1 N–H and O–H groups in total. The minimum absolute atomic E-state index is 0.210. The molecule has 5 heteroatoms. The van der Waals surface area contributed by atoms with Crippen LogP contribution >= 0.6 is 0 Å². The zero-order chi connectivity index (χ0) is 13.8. The number of carbonyl (C=O) groups is 1. The average molecular weight is 264 g/mol. The number of hydrogen-bond acceptors (Lipinski definition) is 3. The maximum absolute atomic E-state index is 12.1. The summed E-state index contributed by atoms with van der Waals surface area (Å²) in [5.41, 5.74) is 0. The Kier molecular flexibility index (Phi) is 4.58. The molecule has 2 rings (SSSR count). The van der Waals surface area contributed by atoms with Crippen LogP contribution in [-0.4, -0.2) is 45.8 Å². The highest BCUT2D eigenvalue weighted by molar-refractivity contribution is 5.78. The summed E-state index contributed by atoms with van der Waals surface area (Å²) in [5.74, 6) is 0.213. The lowest BCUT2D eigenvalue weighted by molar-refractivity contribution is -0.130. The molecule has 1 aliphatic carbocycles. The van der Waals surface area contributed by atoms with Crippen LogP contribution in [0.15, 0.2) is 18.5 Å². The normalized spacial score (nSPS) is 18.1. The van der Waals surface area contributed by atoms with Gasteiger partial charge < -0.3 is 10.2 Å². The first-order valence-corrected chi connectivity index (χ1v) is 7.15. The summed E-state index contributed by atoms with van der Waals surface area (Å²) in [6, 6.07) is 2.86. The van der Waals surface area contributed by atoms with Crippen molar-refractivity contribution in [1.82, 2.24) is 20.0 Å². The van der Waals surface area contributed by atoms with Gasteiger partial charge in [0, 0.05) is 31.0 Å². The Balaban J connectivity index is 1.79. The molecule has 0 spiro atoms. The molecule has 0 radical (unpaired) electrons. The highest BCUT2D eigenvalue weighted by Crippen LogP contribution is 2.26. The standard InChI is InChI=1S/C14H24N4O/c1-4-17(13-6-7-13)14(19)10-15-11(2)12(3)18-9-5-8-16-18/h5,8-9,11-13,15H,4,6-7,10H2,1-3H3/t11-,12+/m0/s1. The molecule has 0 aliphatic heterocycles. The number of amides is 1. The van der Waals surface area contributed by atoms with Crippen LogP contribution in [0.4, 0.5) is 0 Å². The zero-order valence-electron chi connectivity index (χ0n) is 12.0. The van der Waals surface area contributed by atoms with E-state index in [1.807, 2.05) is 28.8 Å². The third kappa shape index (κ3) is 3.56. The van der Waals surface area contributed by atoms with E-state index >= 15 is 0 Å². The van der Waals surface area contributed by atoms with Crippen LogP contribution in [0.1, 0.15) is 39.7 Å². The van der Waals surface area contributed by atoms with Gasteiger partial charge in [-0.25, -0.2) is 0 Å². The molecule has 2 atom stereocenters. The number of nitrogens with zero attached hydrogens (tertiary/aromatic N) is 3. The fourth-order valence-corrected chi connectivity index (χ4v) is 2.30. The summed E-state index contributed by atoms with van der Waals surface area (Å²) in [7, 11) is 0. The zero-order valence-corrected chi connectivity index (χ0v) is 12.0.